The minimum Gasteiger partial charge on any atom is -0.317 e. The predicted molar refractivity (Wildman–Crippen MR) is 63.6 cm³/mol. The van der Waals surface area contributed by atoms with Gasteiger partial charge in [-0.25, -0.2) is 0 Å². The molecule has 0 bridgehead atoms. The zero-order valence-electron chi connectivity index (χ0n) is 8.46. The van der Waals surface area contributed by atoms with Crippen molar-refractivity contribution in [3.63, 3.8) is 0 Å². The highest BCUT2D eigenvalue weighted by atomic mass is 35.5. The van der Waals surface area contributed by atoms with Crippen molar-refractivity contribution in [2.75, 3.05) is 13.1 Å². The van der Waals surface area contributed by atoms with Crippen molar-refractivity contribution >= 4 is 28.7 Å². The molecule has 0 saturated carbocycles. The van der Waals surface area contributed by atoms with E-state index >= 15 is 0 Å². The van der Waals surface area contributed by atoms with Gasteiger partial charge in [-0.05, 0) is 38.1 Å². The fourth-order valence-corrected chi connectivity index (χ4v) is 3.00. The Morgan fingerprint density at radius 3 is 2.80 bits per heavy atom. The Balaban J connectivity index is 1.91. The molecule has 2 nitrogen and oxygen atoms in total. The van der Waals surface area contributed by atoms with E-state index in [4.69, 9.17) is 11.6 Å². The smallest absolute Gasteiger partial charge is 0.141 e. The molecule has 1 aromatic rings. The van der Waals surface area contributed by atoms with E-state index in [-0.39, 0.29) is 5.92 Å². The number of nitrogens with one attached hydrogen (secondary N) is 1. The zero-order chi connectivity index (χ0) is 10.7. The van der Waals surface area contributed by atoms with Crippen molar-refractivity contribution in [2.24, 2.45) is 5.92 Å². The monoisotopic (exact) mass is 243 g/mol. The van der Waals surface area contributed by atoms with Crippen molar-refractivity contribution in [2.45, 2.75) is 19.3 Å². The topological polar surface area (TPSA) is 29.1 Å². The first-order valence-electron chi connectivity index (χ1n) is 5.23. The summed E-state index contributed by atoms with van der Waals surface area (Å²) in [5.41, 5.74) is 0. The Kier molecular flexibility index (Phi) is 3.78. The van der Waals surface area contributed by atoms with E-state index in [1.807, 2.05) is 12.1 Å². The molecule has 1 fully saturated rings. The van der Waals surface area contributed by atoms with Gasteiger partial charge in [0.05, 0.1) is 4.34 Å². The SMILES string of the molecule is O=C(Cc1ccc(Cl)s1)C1CCNCC1. The molecule has 2 heterocycles. The molecule has 0 radical (unpaired) electrons. The van der Waals surface area contributed by atoms with Crippen molar-refractivity contribution < 1.29 is 4.79 Å². The maximum Gasteiger partial charge on any atom is 0.141 e. The average molecular weight is 244 g/mol. The fourth-order valence-electron chi connectivity index (χ4n) is 1.91. The van der Waals surface area contributed by atoms with Gasteiger partial charge in [0.15, 0.2) is 0 Å². The van der Waals surface area contributed by atoms with Gasteiger partial charge in [0.2, 0.25) is 0 Å². The number of piperidine rings is 1. The lowest BCUT2D eigenvalue weighted by Gasteiger charge is -2.20. The summed E-state index contributed by atoms with van der Waals surface area (Å²) in [6.45, 7) is 1.95. The standard InChI is InChI=1S/C11H14ClNOS/c12-11-2-1-9(15-11)7-10(14)8-3-5-13-6-4-8/h1-2,8,13H,3-7H2. The van der Waals surface area contributed by atoms with E-state index in [0.717, 1.165) is 35.1 Å². The summed E-state index contributed by atoms with van der Waals surface area (Å²) in [6, 6.07) is 3.81. The highest BCUT2D eigenvalue weighted by Gasteiger charge is 2.21. The van der Waals surface area contributed by atoms with E-state index in [1.165, 1.54) is 11.3 Å². The van der Waals surface area contributed by atoms with Crippen molar-refractivity contribution in [1.29, 1.82) is 0 Å². The van der Waals surface area contributed by atoms with E-state index in [2.05, 4.69) is 5.32 Å². The van der Waals surface area contributed by atoms with Crippen LogP contribution in [0.3, 0.4) is 0 Å². The molecule has 0 spiro atoms. The number of hydrogen-bond donors (Lipinski definition) is 1. The lowest BCUT2D eigenvalue weighted by Crippen LogP contribution is -2.32. The first kappa shape index (κ1) is 11.1. The molecule has 0 atom stereocenters. The lowest BCUT2D eigenvalue weighted by molar-refractivity contribution is -0.122. The molecular formula is C11H14ClNOS. The van der Waals surface area contributed by atoms with Crippen LogP contribution in [0.2, 0.25) is 4.34 Å². The third-order valence-electron chi connectivity index (χ3n) is 2.77. The molecule has 1 saturated heterocycles. The van der Waals surface area contributed by atoms with Gasteiger partial charge in [0.1, 0.15) is 5.78 Å². The number of ketones is 1. The van der Waals surface area contributed by atoms with Crippen LogP contribution in [0, 0.1) is 5.92 Å². The summed E-state index contributed by atoms with van der Waals surface area (Å²) in [6.07, 6.45) is 2.53. The number of carbonyl (C=O) groups is 1. The summed E-state index contributed by atoms with van der Waals surface area (Å²) < 4.78 is 0.767. The summed E-state index contributed by atoms with van der Waals surface area (Å²) in [4.78, 5) is 13.0. The fraction of sp³-hybridized carbons (Fsp3) is 0.545. The van der Waals surface area contributed by atoms with Crippen molar-refractivity contribution in [1.82, 2.24) is 5.32 Å². The Hall–Kier alpha value is -0.380. The zero-order valence-corrected chi connectivity index (χ0v) is 10.0. The second kappa shape index (κ2) is 5.10. The van der Waals surface area contributed by atoms with Gasteiger partial charge in [-0.2, -0.15) is 0 Å². The van der Waals surface area contributed by atoms with E-state index in [9.17, 15) is 4.79 Å². The molecule has 0 aliphatic carbocycles. The maximum absolute atomic E-state index is 11.9. The number of thiophene rings is 1. The maximum atomic E-state index is 11.9. The van der Waals surface area contributed by atoms with Crippen LogP contribution < -0.4 is 5.32 Å². The second-order valence-electron chi connectivity index (χ2n) is 3.87. The minimum atomic E-state index is 0.257. The third-order valence-corrected chi connectivity index (χ3v) is 4.00. The summed E-state index contributed by atoms with van der Waals surface area (Å²) >= 11 is 7.34. The second-order valence-corrected chi connectivity index (χ2v) is 5.67. The van der Waals surface area contributed by atoms with Gasteiger partial charge in [-0.1, -0.05) is 11.6 Å². The van der Waals surface area contributed by atoms with Gasteiger partial charge in [-0.15, -0.1) is 11.3 Å². The quantitative estimate of drug-likeness (QED) is 0.884. The highest BCUT2D eigenvalue weighted by Crippen LogP contribution is 2.24. The number of halogens is 1. The number of Topliss-reactive ketones (excluding diaryl/α,β-unsaturated/α-hetero) is 1. The van der Waals surface area contributed by atoms with Crippen LogP contribution >= 0.6 is 22.9 Å². The van der Waals surface area contributed by atoms with Gasteiger partial charge in [0, 0.05) is 17.2 Å². The summed E-state index contributed by atoms with van der Waals surface area (Å²) in [7, 11) is 0. The first-order valence-corrected chi connectivity index (χ1v) is 6.43. The lowest BCUT2D eigenvalue weighted by atomic mass is 9.92. The molecule has 4 heteroatoms. The Morgan fingerprint density at radius 2 is 2.20 bits per heavy atom. The molecule has 0 aromatic carbocycles. The largest absolute Gasteiger partial charge is 0.317 e. The van der Waals surface area contributed by atoms with Gasteiger partial charge >= 0.3 is 0 Å². The van der Waals surface area contributed by atoms with Crippen LogP contribution in [0.5, 0.6) is 0 Å². The van der Waals surface area contributed by atoms with Gasteiger partial charge < -0.3 is 5.32 Å². The molecule has 1 aromatic heterocycles. The molecule has 15 heavy (non-hydrogen) atoms. The summed E-state index contributed by atoms with van der Waals surface area (Å²) in [5, 5.41) is 3.27. The minimum absolute atomic E-state index is 0.257. The summed E-state index contributed by atoms with van der Waals surface area (Å²) in [5.74, 6) is 0.627. The van der Waals surface area contributed by atoms with Crippen LogP contribution in [0.1, 0.15) is 17.7 Å². The first-order chi connectivity index (χ1) is 7.25. The average Bonchev–Trinajstić information content (AvgIpc) is 2.65. The molecular weight excluding hydrogens is 230 g/mol. The molecule has 1 N–H and O–H groups in total. The molecule has 1 aliphatic rings. The van der Waals surface area contributed by atoms with Crippen LogP contribution in [0.25, 0.3) is 0 Å². The van der Waals surface area contributed by atoms with Gasteiger partial charge in [0.25, 0.3) is 0 Å². The molecule has 0 unspecified atom stereocenters. The molecule has 1 aliphatic heterocycles. The highest BCUT2D eigenvalue weighted by molar-refractivity contribution is 7.16. The Labute approximate surface area is 98.6 Å². The van der Waals surface area contributed by atoms with Crippen molar-refractivity contribution in [3.05, 3.63) is 21.3 Å². The molecule has 82 valence electrons. The van der Waals surface area contributed by atoms with Crippen molar-refractivity contribution in [3.8, 4) is 0 Å². The Morgan fingerprint density at radius 1 is 1.47 bits per heavy atom. The number of hydrogen-bond acceptors (Lipinski definition) is 3. The van der Waals surface area contributed by atoms with Crippen LogP contribution in [0.4, 0.5) is 0 Å². The van der Waals surface area contributed by atoms with E-state index < -0.39 is 0 Å². The Bertz CT molecular complexity index is 344. The van der Waals surface area contributed by atoms with E-state index in [1.54, 1.807) is 0 Å². The molecule has 0 amide bonds. The predicted octanol–water partition coefficient (Wildman–Crippen LogP) is 2.51. The van der Waals surface area contributed by atoms with Gasteiger partial charge in [-0.3, -0.25) is 4.79 Å². The van der Waals surface area contributed by atoms with Crippen LogP contribution in [-0.4, -0.2) is 18.9 Å². The number of rotatable bonds is 3. The molecule has 2 rings (SSSR count). The normalized spacial score (nSPS) is 17.9. The number of carbonyl (C=O) groups excluding carboxylic acids is 1. The van der Waals surface area contributed by atoms with Crippen LogP contribution in [-0.2, 0) is 11.2 Å². The third kappa shape index (κ3) is 3.03. The van der Waals surface area contributed by atoms with Crippen LogP contribution in [0.15, 0.2) is 12.1 Å². The van der Waals surface area contributed by atoms with E-state index in [0.29, 0.717) is 12.2 Å².